The summed E-state index contributed by atoms with van der Waals surface area (Å²) in [6.07, 6.45) is -3.42. The van der Waals surface area contributed by atoms with E-state index < -0.39 is 24.6 Å². The molecule has 98 valence electrons. The molecule has 0 rings (SSSR count). The number of carboxylic acid groups (broad SMARTS) is 1. The highest BCUT2D eigenvalue weighted by molar-refractivity contribution is 5.86. The first-order valence-corrected chi connectivity index (χ1v) is 4.46. The molecule has 0 aliphatic rings. The number of nitrogens with one attached hydrogen (secondary N) is 1. The lowest BCUT2D eigenvalue weighted by Gasteiger charge is -2.10. The summed E-state index contributed by atoms with van der Waals surface area (Å²) >= 11 is 0. The molecule has 5 nitrogen and oxygen atoms in total. The van der Waals surface area contributed by atoms with E-state index in [0.29, 0.717) is 0 Å². The summed E-state index contributed by atoms with van der Waals surface area (Å²) in [6, 6.07) is 0. The van der Waals surface area contributed by atoms with Crippen molar-refractivity contribution in [2.24, 2.45) is 5.73 Å². The Morgan fingerprint density at radius 1 is 1.53 bits per heavy atom. The molecular weight excluding hydrogens is 241 g/mol. The standard InChI is InChI=1S/C9H13F3N2O3/c1-5(3-6(14-2)8(15)16)7(13)17-4-9(10,11)12/h3,14H,4,13H2,1-2H3,(H,15,16)/b6-3-,7-5+. The lowest BCUT2D eigenvalue weighted by Crippen LogP contribution is -2.20. The summed E-state index contributed by atoms with van der Waals surface area (Å²) in [4.78, 5) is 10.6. The fraction of sp³-hybridized carbons (Fsp3) is 0.444. The summed E-state index contributed by atoms with van der Waals surface area (Å²) < 4.78 is 39.7. The first-order valence-electron chi connectivity index (χ1n) is 4.46. The van der Waals surface area contributed by atoms with Crippen molar-refractivity contribution in [3.8, 4) is 0 Å². The van der Waals surface area contributed by atoms with Crippen LogP contribution in [0.5, 0.6) is 0 Å². The lowest BCUT2D eigenvalue weighted by molar-refractivity contribution is -0.165. The van der Waals surface area contributed by atoms with Gasteiger partial charge >= 0.3 is 12.1 Å². The summed E-state index contributed by atoms with van der Waals surface area (Å²) in [7, 11) is 1.36. The zero-order chi connectivity index (χ0) is 13.6. The first-order chi connectivity index (χ1) is 7.67. The van der Waals surface area contributed by atoms with Crippen LogP contribution in [-0.2, 0) is 9.53 Å². The smallest absolute Gasteiger partial charge is 0.422 e. The fourth-order valence-corrected chi connectivity index (χ4v) is 0.802. The van der Waals surface area contributed by atoms with E-state index >= 15 is 0 Å². The normalized spacial score (nSPS) is 14.1. The summed E-state index contributed by atoms with van der Waals surface area (Å²) in [6.45, 7) is -0.183. The van der Waals surface area contributed by atoms with Gasteiger partial charge in [-0.25, -0.2) is 4.79 Å². The number of hydrogen-bond donors (Lipinski definition) is 3. The fourth-order valence-electron chi connectivity index (χ4n) is 0.802. The summed E-state index contributed by atoms with van der Waals surface area (Å²) in [5.41, 5.74) is 5.10. The van der Waals surface area contributed by atoms with E-state index in [1.54, 1.807) is 0 Å². The number of rotatable bonds is 5. The van der Waals surface area contributed by atoms with Gasteiger partial charge in [0, 0.05) is 12.6 Å². The van der Waals surface area contributed by atoms with Gasteiger partial charge in [-0.1, -0.05) is 0 Å². The Kier molecular flexibility index (Phi) is 5.36. The molecule has 0 spiro atoms. The molecule has 0 aromatic rings. The van der Waals surface area contributed by atoms with Crippen LogP contribution in [0.15, 0.2) is 23.2 Å². The molecule has 0 aromatic heterocycles. The highest BCUT2D eigenvalue weighted by Gasteiger charge is 2.28. The second-order valence-electron chi connectivity index (χ2n) is 3.06. The molecule has 0 aliphatic heterocycles. The number of alkyl halides is 3. The van der Waals surface area contributed by atoms with E-state index in [-0.39, 0.29) is 11.3 Å². The van der Waals surface area contributed by atoms with Gasteiger partial charge in [0.15, 0.2) is 12.5 Å². The van der Waals surface area contributed by atoms with Crippen molar-refractivity contribution >= 4 is 5.97 Å². The predicted octanol–water partition coefficient (Wildman–Crippen LogP) is 0.943. The minimum atomic E-state index is -4.49. The highest BCUT2D eigenvalue weighted by Crippen LogP contribution is 2.16. The van der Waals surface area contributed by atoms with Crippen LogP contribution in [0.2, 0.25) is 0 Å². The molecule has 0 radical (unpaired) electrons. The number of hydrogen-bond acceptors (Lipinski definition) is 4. The van der Waals surface area contributed by atoms with Crippen LogP contribution in [0.25, 0.3) is 0 Å². The van der Waals surface area contributed by atoms with Gasteiger partial charge in [0.1, 0.15) is 5.70 Å². The van der Waals surface area contributed by atoms with Crippen molar-refractivity contribution in [2.75, 3.05) is 13.7 Å². The second kappa shape index (κ2) is 6.02. The van der Waals surface area contributed by atoms with Gasteiger partial charge in [-0.3, -0.25) is 0 Å². The van der Waals surface area contributed by atoms with Crippen LogP contribution in [0.1, 0.15) is 6.92 Å². The Balaban J connectivity index is 4.75. The molecule has 0 aromatic carbocycles. The third kappa shape index (κ3) is 6.33. The third-order valence-corrected chi connectivity index (χ3v) is 1.64. The van der Waals surface area contributed by atoms with Crippen LogP contribution >= 0.6 is 0 Å². The van der Waals surface area contributed by atoms with Crippen molar-refractivity contribution in [3.05, 3.63) is 23.2 Å². The van der Waals surface area contributed by atoms with E-state index in [1.807, 2.05) is 0 Å². The average Bonchev–Trinajstić information content (AvgIpc) is 2.20. The SMILES string of the molecule is CN/C(=C\C(C)=C(/N)OCC(F)(F)F)C(=O)O. The van der Waals surface area contributed by atoms with Gasteiger partial charge in [-0.2, -0.15) is 13.2 Å². The van der Waals surface area contributed by atoms with Gasteiger partial charge in [0.25, 0.3) is 0 Å². The molecule has 17 heavy (non-hydrogen) atoms. The van der Waals surface area contributed by atoms with E-state index in [2.05, 4.69) is 10.1 Å². The molecule has 0 heterocycles. The van der Waals surface area contributed by atoms with Crippen molar-refractivity contribution in [3.63, 3.8) is 0 Å². The molecule has 0 fully saturated rings. The van der Waals surface area contributed by atoms with Crippen molar-refractivity contribution in [1.29, 1.82) is 0 Å². The number of halogens is 3. The molecule has 4 N–H and O–H groups in total. The lowest BCUT2D eigenvalue weighted by atomic mass is 10.2. The van der Waals surface area contributed by atoms with Crippen molar-refractivity contribution in [1.82, 2.24) is 5.32 Å². The minimum absolute atomic E-state index is 0.0843. The number of nitrogens with two attached hydrogens (primary N) is 1. The highest BCUT2D eigenvalue weighted by atomic mass is 19.4. The molecule has 0 aliphatic carbocycles. The molecule has 8 heteroatoms. The van der Waals surface area contributed by atoms with Gasteiger partial charge in [0.2, 0.25) is 0 Å². The number of likely N-dealkylation sites (N-methyl/N-ethyl adjacent to an activating group) is 1. The first kappa shape index (κ1) is 15.1. The Bertz CT molecular complexity index is 348. The quantitative estimate of drug-likeness (QED) is 0.386. The maximum Gasteiger partial charge on any atom is 0.422 e. The van der Waals surface area contributed by atoms with Gasteiger partial charge < -0.3 is 20.9 Å². The Labute approximate surface area is 95.7 Å². The van der Waals surface area contributed by atoms with E-state index in [1.165, 1.54) is 14.0 Å². The number of carboxylic acids is 1. The van der Waals surface area contributed by atoms with Crippen LogP contribution in [0, 0.1) is 0 Å². The Morgan fingerprint density at radius 2 is 2.06 bits per heavy atom. The maximum absolute atomic E-state index is 11.8. The van der Waals surface area contributed by atoms with Crippen LogP contribution < -0.4 is 11.1 Å². The van der Waals surface area contributed by atoms with Gasteiger partial charge in [-0.15, -0.1) is 0 Å². The minimum Gasteiger partial charge on any atom is -0.477 e. The zero-order valence-electron chi connectivity index (χ0n) is 9.26. The monoisotopic (exact) mass is 254 g/mol. The Hall–Kier alpha value is -1.86. The average molecular weight is 254 g/mol. The van der Waals surface area contributed by atoms with Crippen LogP contribution in [0.3, 0.4) is 0 Å². The van der Waals surface area contributed by atoms with E-state index in [4.69, 9.17) is 10.8 Å². The molecule has 0 saturated carbocycles. The summed E-state index contributed by atoms with van der Waals surface area (Å²) in [5.74, 6) is -1.73. The molecule has 0 atom stereocenters. The van der Waals surface area contributed by atoms with Crippen molar-refractivity contribution < 1.29 is 27.8 Å². The molecular formula is C9H13F3N2O3. The molecule has 0 saturated heterocycles. The zero-order valence-corrected chi connectivity index (χ0v) is 9.26. The third-order valence-electron chi connectivity index (χ3n) is 1.64. The molecule has 0 unspecified atom stereocenters. The van der Waals surface area contributed by atoms with Crippen LogP contribution in [0.4, 0.5) is 13.2 Å². The van der Waals surface area contributed by atoms with E-state index in [9.17, 15) is 18.0 Å². The number of ether oxygens (including phenoxy) is 1. The number of allylic oxidation sites excluding steroid dienone is 2. The van der Waals surface area contributed by atoms with Crippen molar-refractivity contribution in [2.45, 2.75) is 13.1 Å². The van der Waals surface area contributed by atoms with Crippen LogP contribution in [-0.4, -0.2) is 30.9 Å². The molecule has 0 bridgehead atoms. The topological polar surface area (TPSA) is 84.6 Å². The number of aliphatic carboxylic acids is 1. The van der Waals surface area contributed by atoms with Gasteiger partial charge in [-0.05, 0) is 13.0 Å². The Morgan fingerprint density at radius 3 is 2.41 bits per heavy atom. The maximum atomic E-state index is 11.8. The number of carbonyl (C=O) groups is 1. The van der Waals surface area contributed by atoms with E-state index in [0.717, 1.165) is 6.08 Å². The summed E-state index contributed by atoms with van der Waals surface area (Å²) in [5, 5.41) is 11.0. The predicted molar refractivity (Wildman–Crippen MR) is 53.7 cm³/mol. The second-order valence-corrected chi connectivity index (χ2v) is 3.06. The largest absolute Gasteiger partial charge is 0.477 e. The van der Waals surface area contributed by atoms with Gasteiger partial charge in [0.05, 0.1) is 0 Å². The molecule has 0 amide bonds.